The molecule has 0 unspecified atom stereocenters. The Morgan fingerprint density at radius 3 is 2.25 bits per heavy atom. The second kappa shape index (κ2) is 13.4. The quantitative estimate of drug-likeness (QED) is 0.210. The number of carbonyl (C=O) groups is 5. The molecule has 13 nitrogen and oxygen atoms in total. The molecule has 2 aromatic carbocycles. The number of nitrogens with one attached hydrogen (secondary N) is 1. The molecule has 0 aliphatic carbocycles. The molecule has 4 amide bonds. The van der Waals surface area contributed by atoms with E-state index in [1.54, 1.807) is 6.20 Å². The average Bonchev–Trinajstić information content (AvgIpc) is 3.72. The number of H-pyrrole nitrogens is 1. The first-order chi connectivity index (χ1) is 22.8. The SMILES string of the molecule is C.CN1CCN(c2nc(C3=C(c4c[nH]c5ccccc45)C(=O)N(CCCCC(=O)ON4C(=O)CCC4=O)C3=O)c3ccccc3n2)CC1. The summed E-state index contributed by atoms with van der Waals surface area (Å²) in [5.41, 5.74) is 2.96. The van der Waals surface area contributed by atoms with Crippen molar-refractivity contribution in [3.05, 3.63) is 66.0 Å². The lowest BCUT2D eigenvalue weighted by molar-refractivity contribution is -0.197. The predicted molar refractivity (Wildman–Crippen MR) is 179 cm³/mol. The molecular weight excluding hydrogens is 614 g/mol. The van der Waals surface area contributed by atoms with Crippen molar-refractivity contribution in [2.45, 2.75) is 39.5 Å². The fraction of sp³-hybridized carbons (Fsp3) is 0.343. The van der Waals surface area contributed by atoms with Gasteiger partial charge in [-0.3, -0.25) is 24.1 Å². The van der Waals surface area contributed by atoms with Gasteiger partial charge < -0.3 is 19.6 Å². The number of carbonyl (C=O) groups excluding carboxylic acids is 5. The van der Waals surface area contributed by atoms with E-state index in [2.05, 4.69) is 21.8 Å². The number of hydrogen-bond donors (Lipinski definition) is 1. The smallest absolute Gasteiger partial charge is 0.333 e. The van der Waals surface area contributed by atoms with E-state index >= 15 is 0 Å². The van der Waals surface area contributed by atoms with Crippen molar-refractivity contribution in [2.75, 3.05) is 44.7 Å². The van der Waals surface area contributed by atoms with Crippen molar-refractivity contribution in [3.63, 3.8) is 0 Å². The normalized spacial score (nSPS) is 17.3. The third kappa shape index (κ3) is 5.92. The number of para-hydroxylation sites is 2. The number of amides is 4. The number of fused-ring (bicyclic) bond motifs is 2. The van der Waals surface area contributed by atoms with Crippen LogP contribution in [0.15, 0.2) is 54.7 Å². The minimum absolute atomic E-state index is 0. The molecule has 2 saturated heterocycles. The Bertz CT molecular complexity index is 1960. The zero-order chi connectivity index (χ0) is 32.7. The van der Waals surface area contributed by atoms with Crippen LogP contribution in [-0.4, -0.2) is 99.2 Å². The standard InChI is InChI=1S/C34H33N7O6.CH4/c1-38-16-18-39(19-17-38)34-36-25-11-5-3-9-22(25)31(37-34)30-29(23-20-35-24-10-4-2-8-21(23)24)32(45)40(33(30)46)15-7-6-12-28(44)47-41-26(42)13-14-27(41)43;/h2-5,8-11,20,35H,6-7,12-19H2,1H3;1H4. The van der Waals surface area contributed by atoms with Crippen molar-refractivity contribution < 1.29 is 28.8 Å². The number of unbranched alkanes of at least 4 members (excludes halogenated alkanes) is 1. The number of anilines is 1. The van der Waals surface area contributed by atoms with E-state index in [1.807, 2.05) is 48.5 Å². The number of imide groups is 2. The number of aromatic nitrogens is 3. The van der Waals surface area contributed by atoms with Crippen LogP contribution in [0, 0.1) is 0 Å². The maximum Gasteiger partial charge on any atom is 0.333 e. The Labute approximate surface area is 277 Å². The van der Waals surface area contributed by atoms with E-state index in [-0.39, 0.29) is 50.8 Å². The number of nitrogens with zero attached hydrogens (tertiary/aromatic N) is 6. The van der Waals surface area contributed by atoms with Gasteiger partial charge in [-0.05, 0) is 32.0 Å². The van der Waals surface area contributed by atoms with E-state index < -0.39 is 29.6 Å². The van der Waals surface area contributed by atoms with Crippen LogP contribution in [0.2, 0.25) is 0 Å². The largest absolute Gasteiger partial charge is 0.361 e. The summed E-state index contributed by atoms with van der Waals surface area (Å²) in [7, 11) is 2.07. The van der Waals surface area contributed by atoms with Gasteiger partial charge in [0, 0.05) is 80.0 Å². The monoisotopic (exact) mass is 651 g/mol. The summed E-state index contributed by atoms with van der Waals surface area (Å²) in [6.45, 7) is 3.20. The van der Waals surface area contributed by atoms with Crippen LogP contribution < -0.4 is 4.90 Å². The molecule has 2 fully saturated rings. The summed E-state index contributed by atoms with van der Waals surface area (Å²) >= 11 is 0. The lowest BCUT2D eigenvalue weighted by atomic mass is 9.97. The molecule has 1 N–H and O–H groups in total. The van der Waals surface area contributed by atoms with Crippen LogP contribution >= 0.6 is 0 Å². The molecule has 0 bridgehead atoms. The average molecular weight is 652 g/mol. The maximum atomic E-state index is 14.3. The highest BCUT2D eigenvalue weighted by Gasteiger charge is 2.42. The van der Waals surface area contributed by atoms with Crippen LogP contribution in [0.25, 0.3) is 33.0 Å². The molecule has 5 heterocycles. The third-order valence-electron chi connectivity index (χ3n) is 8.85. The second-order valence-corrected chi connectivity index (χ2v) is 11.9. The number of aromatic amines is 1. The van der Waals surface area contributed by atoms with Gasteiger partial charge in [0.05, 0.1) is 22.4 Å². The van der Waals surface area contributed by atoms with Crippen molar-refractivity contribution in [3.8, 4) is 0 Å². The molecule has 0 radical (unpaired) electrons. The summed E-state index contributed by atoms with van der Waals surface area (Å²) in [6.07, 6.45) is 2.26. The topological polar surface area (TPSA) is 149 Å². The number of benzene rings is 2. The van der Waals surface area contributed by atoms with Crippen molar-refractivity contribution in [1.82, 2.24) is 29.8 Å². The van der Waals surface area contributed by atoms with Crippen molar-refractivity contribution >= 4 is 68.5 Å². The lowest BCUT2D eigenvalue weighted by Crippen LogP contribution is -2.45. The minimum Gasteiger partial charge on any atom is -0.361 e. The van der Waals surface area contributed by atoms with E-state index in [0.29, 0.717) is 39.6 Å². The van der Waals surface area contributed by atoms with Crippen molar-refractivity contribution in [1.29, 1.82) is 0 Å². The zero-order valence-electron chi connectivity index (χ0n) is 25.9. The first kappa shape index (κ1) is 32.5. The van der Waals surface area contributed by atoms with Gasteiger partial charge in [-0.2, -0.15) is 0 Å². The molecule has 13 heteroatoms. The number of rotatable bonds is 9. The Morgan fingerprint density at radius 2 is 1.50 bits per heavy atom. The van der Waals surface area contributed by atoms with Gasteiger partial charge in [0.25, 0.3) is 23.6 Å². The molecular formula is C35H37N7O6. The fourth-order valence-electron chi connectivity index (χ4n) is 6.27. The van der Waals surface area contributed by atoms with Crippen LogP contribution in [0.4, 0.5) is 5.95 Å². The van der Waals surface area contributed by atoms with Gasteiger partial charge in [-0.15, -0.1) is 5.06 Å². The van der Waals surface area contributed by atoms with E-state index in [1.165, 1.54) is 4.90 Å². The number of hydrogen-bond acceptors (Lipinski definition) is 10. The highest BCUT2D eigenvalue weighted by atomic mass is 16.7. The van der Waals surface area contributed by atoms with Crippen LogP contribution in [0.3, 0.4) is 0 Å². The summed E-state index contributed by atoms with van der Waals surface area (Å²) in [5.74, 6) is -2.24. The molecule has 48 heavy (non-hydrogen) atoms. The van der Waals surface area contributed by atoms with Gasteiger partial charge in [0.2, 0.25) is 5.95 Å². The molecule has 0 atom stereocenters. The highest BCUT2D eigenvalue weighted by Crippen LogP contribution is 2.40. The van der Waals surface area contributed by atoms with Gasteiger partial charge in [-0.25, -0.2) is 14.8 Å². The predicted octanol–water partition coefficient (Wildman–Crippen LogP) is 3.56. The summed E-state index contributed by atoms with van der Waals surface area (Å²) in [6, 6.07) is 15.1. The number of hydroxylamine groups is 2. The second-order valence-electron chi connectivity index (χ2n) is 11.9. The van der Waals surface area contributed by atoms with Gasteiger partial charge in [0.1, 0.15) is 0 Å². The minimum atomic E-state index is -0.727. The Kier molecular flexibility index (Phi) is 9.05. The van der Waals surface area contributed by atoms with Crippen LogP contribution in [-0.2, 0) is 28.8 Å². The van der Waals surface area contributed by atoms with Gasteiger partial charge >= 0.3 is 5.97 Å². The molecule has 2 aromatic heterocycles. The van der Waals surface area contributed by atoms with E-state index in [4.69, 9.17) is 14.8 Å². The Hall–Kier alpha value is -5.43. The van der Waals surface area contributed by atoms with Gasteiger partial charge in [0.15, 0.2) is 0 Å². The number of likely N-dealkylation sites (N-methyl/N-ethyl adjacent to an activating group) is 1. The molecule has 248 valence electrons. The van der Waals surface area contributed by atoms with Crippen molar-refractivity contribution in [2.24, 2.45) is 0 Å². The third-order valence-corrected chi connectivity index (χ3v) is 8.85. The molecule has 3 aliphatic heterocycles. The van der Waals surface area contributed by atoms with E-state index in [0.717, 1.165) is 37.1 Å². The molecule has 0 spiro atoms. The molecule has 7 rings (SSSR count). The Morgan fingerprint density at radius 1 is 0.833 bits per heavy atom. The fourth-order valence-corrected chi connectivity index (χ4v) is 6.27. The van der Waals surface area contributed by atoms with Crippen LogP contribution in [0.5, 0.6) is 0 Å². The summed E-state index contributed by atoms with van der Waals surface area (Å²) in [4.78, 5) is 88.0. The zero-order valence-corrected chi connectivity index (χ0v) is 25.9. The lowest BCUT2D eigenvalue weighted by Gasteiger charge is -2.32. The van der Waals surface area contributed by atoms with E-state index in [9.17, 15) is 24.0 Å². The first-order valence-corrected chi connectivity index (χ1v) is 15.7. The highest BCUT2D eigenvalue weighted by molar-refractivity contribution is 6.50. The summed E-state index contributed by atoms with van der Waals surface area (Å²) < 4.78 is 0. The van der Waals surface area contributed by atoms with Gasteiger partial charge in [-0.1, -0.05) is 43.8 Å². The summed E-state index contributed by atoms with van der Waals surface area (Å²) in [5, 5.41) is 1.98. The molecule has 0 saturated carbocycles. The maximum absolute atomic E-state index is 14.3. The number of piperazine rings is 1. The first-order valence-electron chi connectivity index (χ1n) is 15.7. The van der Waals surface area contributed by atoms with Crippen LogP contribution in [0.1, 0.15) is 50.8 Å². The molecule has 4 aromatic rings. The molecule has 3 aliphatic rings. The Balaban J connectivity index is 0.00000401.